The van der Waals surface area contributed by atoms with E-state index in [9.17, 15) is 21.6 Å². The Morgan fingerprint density at radius 1 is 1.05 bits per heavy atom. The summed E-state index contributed by atoms with van der Waals surface area (Å²) in [7, 11) is -3.45. The average molecular weight is 552 g/mol. The molecular formula is C26H32F3N5O3S. The summed E-state index contributed by atoms with van der Waals surface area (Å²) in [6, 6.07) is 13.0. The maximum atomic E-state index is 13.6. The maximum Gasteiger partial charge on any atom is 0.421 e. The summed E-state index contributed by atoms with van der Waals surface area (Å²) >= 11 is 0. The molecule has 0 amide bonds. The lowest BCUT2D eigenvalue weighted by Crippen LogP contribution is -2.25. The minimum absolute atomic E-state index is 0.0294. The molecule has 1 aromatic heterocycles. The molecular weight excluding hydrogens is 519 g/mol. The number of alkyl halides is 3. The molecule has 12 heteroatoms. The maximum absolute atomic E-state index is 13.6. The van der Waals surface area contributed by atoms with Crippen molar-refractivity contribution in [2.45, 2.75) is 37.9 Å². The van der Waals surface area contributed by atoms with Crippen LogP contribution in [0.5, 0.6) is 5.75 Å². The van der Waals surface area contributed by atoms with E-state index in [0.717, 1.165) is 32.3 Å². The Morgan fingerprint density at radius 2 is 1.76 bits per heavy atom. The van der Waals surface area contributed by atoms with Gasteiger partial charge in [-0.15, -0.1) is 0 Å². The predicted octanol–water partition coefficient (Wildman–Crippen LogP) is 5.37. The van der Waals surface area contributed by atoms with Crippen molar-refractivity contribution in [1.29, 1.82) is 0 Å². The highest BCUT2D eigenvalue weighted by Gasteiger charge is 2.35. The van der Waals surface area contributed by atoms with Crippen molar-refractivity contribution in [2.75, 3.05) is 43.1 Å². The van der Waals surface area contributed by atoms with Crippen LogP contribution < -0.4 is 15.4 Å². The fraction of sp³-hybridized carbons (Fsp3) is 0.385. The molecule has 1 heterocycles. The SMILES string of the molecule is CCN(CC)CCCOc1ccc(Nc2ncc(C(F)(F)F)c(NCc3cccc(S(C)(=O)=O)c3)n2)cc1. The summed E-state index contributed by atoms with van der Waals surface area (Å²) in [6.07, 6.45) is -2.01. The van der Waals surface area contributed by atoms with Gasteiger partial charge in [0.15, 0.2) is 9.84 Å². The van der Waals surface area contributed by atoms with E-state index >= 15 is 0 Å². The highest BCUT2D eigenvalue weighted by molar-refractivity contribution is 7.90. The van der Waals surface area contributed by atoms with Crippen molar-refractivity contribution in [3.05, 3.63) is 65.9 Å². The van der Waals surface area contributed by atoms with E-state index < -0.39 is 27.4 Å². The number of ether oxygens (including phenoxy) is 1. The highest BCUT2D eigenvalue weighted by Crippen LogP contribution is 2.34. The first kappa shape index (κ1) is 29.2. The summed E-state index contributed by atoms with van der Waals surface area (Å²) in [5.74, 6) is 0.230. The van der Waals surface area contributed by atoms with E-state index in [4.69, 9.17) is 4.74 Å². The van der Waals surface area contributed by atoms with Gasteiger partial charge in [-0.3, -0.25) is 0 Å². The minimum atomic E-state index is -4.68. The molecule has 3 rings (SSSR count). The monoisotopic (exact) mass is 551 g/mol. The Balaban J connectivity index is 1.67. The summed E-state index contributed by atoms with van der Waals surface area (Å²) in [5, 5.41) is 5.57. The van der Waals surface area contributed by atoms with Crippen LogP contribution in [0.2, 0.25) is 0 Å². The van der Waals surface area contributed by atoms with Gasteiger partial charge in [-0.05, 0) is 61.5 Å². The van der Waals surface area contributed by atoms with Gasteiger partial charge in [0.05, 0.1) is 11.5 Å². The van der Waals surface area contributed by atoms with Crippen molar-refractivity contribution in [2.24, 2.45) is 0 Å². The summed E-state index contributed by atoms with van der Waals surface area (Å²) < 4.78 is 70.1. The Hall–Kier alpha value is -3.38. The Labute approximate surface area is 221 Å². The molecule has 0 fully saturated rings. The number of hydrogen-bond acceptors (Lipinski definition) is 8. The van der Waals surface area contributed by atoms with E-state index in [0.29, 0.717) is 29.8 Å². The van der Waals surface area contributed by atoms with Crippen LogP contribution in [-0.4, -0.2) is 55.8 Å². The molecule has 0 aliphatic heterocycles. The second-order valence-electron chi connectivity index (χ2n) is 8.61. The van der Waals surface area contributed by atoms with Crippen LogP contribution in [0, 0.1) is 0 Å². The largest absolute Gasteiger partial charge is 0.494 e. The van der Waals surface area contributed by atoms with Crippen LogP contribution in [0.15, 0.2) is 59.6 Å². The van der Waals surface area contributed by atoms with Gasteiger partial charge >= 0.3 is 6.18 Å². The Morgan fingerprint density at radius 3 is 2.39 bits per heavy atom. The van der Waals surface area contributed by atoms with Crippen LogP contribution in [0.25, 0.3) is 0 Å². The number of benzene rings is 2. The summed E-state index contributed by atoms with van der Waals surface area (Å²) in [6.45, 7) is 7.70. The Kier molecular flexibility index (Phi) is 9.92. The van der Waals surface area contributed by atoms with E-state index in [-0.39, 0.29) is 17.4 Å². The number of rotatable bonds is 13. The molecule has 0 unspecified atom stereocenters. The lowest BCUT2D eigenvalue weighted by atomic mass is 10.2. The Bertz CT molecular complexity index is 1300. The van der Waals surface area contributed by atoms with Crippen molar-refractivity contribution in [1.82, 2.24) is 14.9 Å². The quantitative estimate of drug-likeness (QED) is 0.274. The van der Waals surface area contributed by atoms with Crippen LogP contribution in [-0.2, 0) is 22.6 Å². The zero-order valence-corrected chi connectivity index (χ0v) is 22.4. The van der Waals surface area contributed by atoms with Crippen molar-refractivity contribution < 1.29 is 26.3 Å². The number of hydrogen-bond donors (Lipinski definition) is 2. The van der Waals surface area contributed by atoms with Gasteiger partial charge in [0.1, 0.15) is 17.1 Å². The molecule has 0 aliphatic rings. The molecule has 38 heavy (non-hydrogen) atoms. The predicted molar refractivity (Wildman–Crippen MR) is 142 cm³/mol. The van der Waals surface area contributed by atoms with Crippen LogP contribution in [0.1, 0.15) is 31.4 Å². The standard InChI is InChI=1S/C26H32F3N5O3S/c1-4-34(5-2)14-7-15-37-21-12-10-20(11-13-21)32-25-31-18-23(26(27,28)29)24(33-25)30-17-19-8-6-9-22(16-19)38(3,35)36/h6,8-13,16,18H,4-5,7,14-15,17H2,1-3H3,(H2,30,31,32,33). The molecule has 0 atom stereocenters. The van der Waals surface area contributed by atoms with Gasteiger partial charge in [0, 0.05) is 31.2 Å². The van der Waals surface area contributed by atoms with Crippen LogP contribution in [0.4, 0.5) is 30.6 Å². The van der Waals surface area contributed by atoms with Crippen molar-refractivity contribution >= 4 is 27.3 Å². The molecule has 206 valence electrons. The number of nitrogens with one attached hydrogen (secondary N) is 2. The second kappa shape index (κ2) is 12.9. The van der Waals surface area contributed by atoms with E-state index in [1.165, 1.54) is 18.2 Å². The van der Waals surface area contributed by atoms with E-state index in [1.54, 1.807) is 30.3 Å². The van der Waals surface area contributed by atoms with E-state index in [1.807, 2.05) is 0 Å². The van der Waals surface area contributed by atoms with Crippen LogP contribution in [0.3, 0.4) is 0 Å². The molecule has 0 bridgehead atoms. The third-order valence-corrected chi connectivity index (χ3v) is 6.88. The van der Waals surface area contributed by atoms with Crippen LogP contribution >= 0.6 is 0 Å². The smallest absolute Gasteiger partial charge is 0.421 e. The topological polar surface area (TPSA) is 96.5 Å². The number of sulfone groups is 1. The number of halogens is 3. The molecule has 0 saturated carbocycles. The average Bonchev–Trinajstić information content (AvgIpc) is 2.87. The molecule has 0 saturated heterocycles. The lowest BCUT2D eigenvalue weighted by Gasteiger charge is -2.17. The van der Waals surface area contributed by atoms with E-state index in [2.05, 4.69) is 39.3 Å². The van der Waals surface area contributed by atoms with Gasteiger partial charge in [0.2, 0.25) is 5.95 Å². The molecule has 8 nitrogen and oxygen atoms in total. The first-order chi connectivity index (χ1) is 18.0. The molecule has 0 radical (unpaired) electrons. The normalized spacial score (nSPS) is 12.0. The van der Waals surface area contributed by atoms with Gasteiger partial charge in [0.25, 0.3) is 0 Å². The lowest BCUT2D eigenvalue weighted by molar-refractivity contribution is -0.137. The fourth-order valence-electron chi connectivity index (χ4n) is 3.64. The summed E-state index contributed by atoms with van der Waals surface area (Å²) in [4.78, 5) is 10.2. The zero-order chi connectivity index (χ0) is 27.8. The molecule has 0 aliphatic carbocycles. The third kappa shape index (κ3) is 8.59. The molecule has 3 aromatic rings. The first-order valence-corrected chi connectivity index (χ1v) is 14.1. The van der Waals surface area contributed by atoms with Gasteiger partial charge in [-0.25, -0.2) is 13.4 Å². The van der Waals surface area contributed by atoms with Crippen molar-refractivity contribution in [3.63, 3.8) is 0 Å². The number of anilines is 3. The van der Waals surface area contributed by atoms with Crippen molar-refractivity contribution in [3.8, 4) is 5.75 Å². The molecule has 2 aromatic carbocycles. The van der Waals surface area contributed by atoms with Gasteiger partial charge < -0.3 is 20.3 Å². The second-order valence-corrected chi connectivity index (χ2v) is 10.6. The molecule has 0 spiro atoms. The van der Waals surface area contributed by atoms with Gasteiger partial charge in [-0.1, -0.05) is 26.0 Å². The molecule has 2 N–H and O–H groups in total. The third-order valence-electron chi connectivity index (χ3n) is 5.77. The zero-order valence-electron chi connectivity index (χ0n) is 21.5. The first-order valence-electron chi connectivity index (χ1n) is 12.2. The highest BCUT2D eigenvalue weighted by atomic mass is 32.2. The minimum Gasteiger partial charge on any atom is -0.494 e. The van der Waals surface area contributed by atoms with Gasteiger partial charge in [-0.2, -0.15) is 18.2 Å². The number of aromatic nitrogens is 2. The fourth-order valence-corrected chi connectivity index (χ4v) is 4.33. The summed E-state index contributed by atoms with van der Waals surface area (Å²) in [5.41, 5.74) is 0.0321. The number of nitrogens with zero attached hydrogens (tertiary/aromatic N) is 3.